The third kappa shape index (κ3) is 4.79. The fourth-order valence-corrected chi connectivity index (χ4v) is 2.68. The Labute approximate surface area is 146 Å². The summed E-state index contributed by atoms with van der Waals surface area (Å²) >= 11 is 0. The highest BCUT2D eigenvalue weighted by Gasteiger charge is 2.00. The van der Waals surface area contributed by atoms with E-state index in [0.29, 0.717) is 0 Å². The van der Waals surface area contributed by atoms with Crippen LogP contribution in [0.2, 0.25) is 0 Å². The predicted molar refractivity (Wildman–Crippen MR) is 99.1 cm³/mol. The second-order valence-corrected chi connectivity index (χ2v) is 5.86. The smallest absolute Gasteiger partial charge is 0.267 e. The third-order valence-electron chi connectivity index (χ3n) is 4.00. The highest BCUT2D eigenvalue weighted by Crippen LogP contribution is 2.14. The normalized spacial score (nSPS) is 11.2. The van der Waals surface area contributed by atoms with Gasteiger partial charge in [-0.1, -0.05) is 42.5 Å². The summed E-state index contributed by atoms with van der Waals surface area (Å²) in [5.74, 6) is -0.539. The molecule has 0 unspecified atom stereocenters. The van der Waals surface area contributed by atoms with Crippen molar-refractivity contribution in [1.29, 1.82) is 0 Å². The fourth-order valence-electron chi connectivity index (χ4n) is 2.68. The molecule has 0 fully saturated rings. The lowest BCUT2D eigenvalue weighted by atomic mass is 10.1. The maximum atomic E-state index is 10.9. The van der Waals surface area contributed by atoms with Gasteiger partial charge in [0.05, 0.1) is 0 Å². The zero-order valence-electron chi connectivity index (χ0n) is 13.8. The van der Waals surface area contributed by atoms with Crippen molar-refractivity contribution in [3.05, 3.63) is 77.5 Å². The Kier molecular flexibility index (Phi) is 5.61. The van der Waals surface area contributed by atoms with Crippen LogP contribution in [0.15, 0.2) is 60.7 Å². The predicted octanol–water partition coefficient (Wildman–Crippen LogP) is 3.02. The molecule has 4 N–H and O–H groups in total. The van der Waals surface area contributed by atoms with Crippen LogP contribution in [0.3, 0.4) is 0 Å². The molecule has 25 heavy (non-hydrogen) atoms. The molecule has 5 nitrogen and oxygen atoms in total. The standard InChI is InChI=1S/C20H21N3O2/c24-20(23-25)10-9-15-5-7-16(8-6-15)14-21-12-11-18-13-17-3-1-2-4-19(17)22-18/h1-10,13,21-22,25H,11-12,14H2,(H,23,24). The number of benzene rings is 2. The lowest BCUT2D eigenvalue weighted by molar-refractivity contribution is -0.124. The van der Waals surface area contributed by atoms with Gasteiger partial charge in [-0.15, -0.1) is 0 Å². The van der Waals surface area contributed by atoms with Crippen LogP contribution in [0.4, 0.5) is 0 Å². The maximum absolute atomic E-state index is 10.9. The van der Waals surface area contributed by atoms with Crippen LogP contribution in [0, 0.1) is 0 Å². The van der Waals surface area contributed by atoms with Crippen LogP contribution in [-0.2, 0) is 17.8 Å². The number of carbonyl (C=O) groups excluding carboxylic acids is 1. The first-order chi connectivity index (χ1) is 12.2. The summed E-state index contributed by atoms with van der Waals surface area (Å²) in [5.41, 5.74) is 6.06. The molecule has 3 rings (SSSR count). The Morgan fingerprint density at radius 2 is 1.92 bits per heavy atom. The first kappa shape index (κ1) is 17.0. The van der Waals surface area contributed by atoms with Crippen LogP contribution in [0.25, 0.3) is 17.0 Å². The van der Waals surface area contributed by atoms with Gasteiger partial charge < -0.3 is 10.3 Å². The fraction of sp³-hybridized carbons (Fsp3) is 0.150. The minimum atomic E-state index is -0.539. The molecule has 2 aromatic carbocycles. The number of para-hydroxylation sites is 1. The summed E-state index contributed by atoms with van der Waals surface area (Å²) in [6, 6.07) is 18.4. The van der Waals surface area contributed by atoms with Crippen molar-refractivity contribution in [2.24, 2.45) is 0 Å². The van der Waals surface area contributed by atoms with Gasteiger partial charge in [-0.05, 0) is 41.1 Å². The zero-order chi connectivity index (χ0) is 17.5. The average Bonchev–Trinajstić information content (AvgIpc) is 3.07. The molecule has 5 heteroatoms. The van der Waals surface area contributed by atoms with Gasteiger partial charge in [-0.25, -0.2) is 5.48 Å². The summed E-state index contributed by atoms with van der Waals surface area (Å²) in [7, 11) is 0. The number of hydroxylamine groups is 1. The second kappa shape index (κ2) is 8.28. The number of hydrogen-bond acceptors (Lipinski definition) is 3. The quantitative estimate of drug-likeness (QED) is 0.232. The summed E-state index contributed by atoms with van der Waals surface area (Å²) in [4.78, 5) is 14.4. The molecule has 3 aromatic rings. The molecule has 1 aromatic heterocycles. The minimum Gasteiger partial charge on any atom is -0.358 e. The maximum Gasteiger partial charge on any atom is 0.267 e. The lowest BCUT2D eigenvalue weighted by Gasteiger charge is -2.05. The molecular formula is C20H21N3O2. The number of rotatable bonds is 7. The van der Waals surface area contributed by atoms with E-state index in [0.717, 1.165) is 25.1 Å². The van der Waals surface area contributed by atoms with Crippen LogP contribution in [0.1, 0.15) is 16.8 Å². The zero-order valence-corrected chi connectivity index (χ0v) is 13.8. The van der Waals surface area contributed by atoms with Crippen molar-refractivity contribution in [2.75, 3.05) is 6.54 Å². The van der Waals surface area contributed by atoms with Crippen molar-refractivity contribution < 1.29 is 10.0 Å². The molecule has 0 atom stereocenters. The Morgan fingerprint density at radius 1 is 1.12 bits per heavy atom. The number of aromatic amines is 1. The molecule has 1 heterocycles. The molecule has 0 aliphatic heterocycles. The largest absolute Gasteiger partial charge is 0.358 e. The van der Waals surface area contributed by atoms with Crippen molar-refractivity contribution >= 4 is 22.9 Å². The van der Waals surface area contributed by atoms with E-state index < -0.39 is 5.91 Å². The van der Waals surface area contributed by atoms with E-state index in [1.807, 2.05) is 36.4 Å². The third-order valence-corrected chi connectivity index (χ3v) is 4.00. The highest BCUT2D eigenvalue weighted by molar-refractivity contribution is 5.90. The summed E-state index contributed by atoms with van der Waals surface area (Å²) < 4.78 is 0. The van der Waals surface area contributed by atoms with Crippen molar-refractivity contribution in [2.45, 2.75) is 13.0 Å². The van der Waals surface area contributed by atoms with Gasteiger partial charge in [-0.3, -0.25) is 10.0 Å². The molecule has 1 amide bonds. The SMILES string of the molecule is O=C(C=Cc1ccc(CNCCc2cc3ccccc3[nH]2)cc1)NO. The number of amides is 1. The van der Waals surface area contributed by atoms with Gasteiger partial charge in [0.2, 0.25) is 0 Å². The van der Waals surface area contributed by atoms with E-state index in [4.69, 9.17) is 5.21 Å². The van der Waals surface area contributed by atoms with E-state index in [-0.39, 0.29) is 0 Å². The van der Waals surface area contributed by atoms with Gasteiger partial charge >= 0.3 is 0 Å². The molecule has 0 bridgehead atoms. The summed E-state index contributed by atoms with van der Waals surface area (Å²) in [6.07, 6.45) is 3.89. The van der Waals surface area contributed by atoms with Crippen LogP contribution >= 0.6 is 0 Å². The summed E-state index contributed by atoms with van der Waals surface area (Å²) in [6.45, 7) is 1.69. The first-order valence-corrected chi connectivity index (χ1v) is 8.23. The van der Waals surface area contributed by atoms with Crippen molar-refractivity contribution in [3.63, 3.8) is 0 Å². The monoisotopic (exact) mass is 335 g/mol. The Morgan fingerprint density at radius 3 is 2.68 bits per heavy atom. The van der Waals surface area contributed by atoms with Crippen LogP contribution in [0.5, 0.6) is 0 Å². The van der Waals surface area contributed by atoms with Gasteiger partial charge in [0, 0.05) is 30.4 Å². The van der Waals surface area contributed by atoms with Crippen molar-refractivity contribution in [1.82, 2.24) is 15.8 Å². The van der Waals surface area contributed by atoms with E-state index in [1.54, 1.807) is 11.6 Å². The topological polar surface area (TPSA) is 77.2 Å². The molecule has 0 aliphatic carbocycles. The van der Waals surface area contributed by atoms with Gasteiger partial charge in [0.25, 0.3) is 5.91 Å². The molecule has 0 radical (unpaired) electrons. The molecule has 128 valence electrons. The lowest BCUT2D eigenvalue weighted by Crippen LogP contribution is -2.16. The van der Waals surface area contributed by atoms with E-state index in [9.17, 15) is 4.79 Å². The van der Waals surface area contributed by atoms with Crippen molar-refractivity contribution in [3.8, 4) is 0 Å². The number of hydrogen-bond donors (Lipinski definition) is 4. The number of aromatic nitrogens is 1. The Hall–Kier alpha value is -2.89. The highest BCUT2D eigenvalue weighted by atomic mass is 16.5. The number of carbonyl (C=O) groups is 1. The minimum absolute atomic E-state index is 0.539. The second-order valence-electron chi connectivity index (χ2n) is 5.86. The average molecular weight is 335 g/mol. The van der Waals surface area contributed by atoms with E-state index >= 15 is 0 Å². The molecular weight excluding hydrogens is 314 g/mol. The van der Waals surface area contributed by atoms with E-state index in [1.165, 1.54) is 28.2 Å². The number of H-pyrrole nitrogens is 1. The molecule has 0 saturated carbocycles. The van der Waals surface area contributed by atoms with Crippen LogP contribution < -0.4 is 10.8 Å². The van der Waals surface area contributed by atoms with Gasteiger partial charge in [-0.2, -0.15) is 0 Å². The summed E-state index contributed by atoms with van der Waals surface area (Å²) in [5, 5.41) is 13.1. The van der Waals surface area contributed by atoms with Gasteiger partial charge in [0.1, 0.15) is 0 Å². The number of fused-ring (bicyclic) bond motifs is 1. The van der Waals surface area contributed by atoms with E-state index in [2.05, 4.69) is 28.5 Å². The first-order valence-electron chi connectivity index (χ1n) is 8.23. The molecule has 0 spiro atoms. The van der Waals surface area contributed by atoms with Gasteiger partial charge in [0.15, 0.2) is 0 Å². The number of nitrogens with one attached hydrogen (secondary N) is 3. The van der Waals surface area contributed by atoms with Crippen LogP contribution in [-0.4, -0.2) is 22.6 Å². The Balaban J connectivity index is 1.45. The molecule has 0 saturated heterocycles. The molecule has 0 aliphatic rings. The Bertz CT molecular complexity index is 833.